The molecular formula is C13H20N4O. The van der Waals surface area contributed by atoms with Crippen LogP contribution in [0.25, 0.3) is 11.2 Å². The quantitative estimate of drug-likeness (QED) is 0.883. The number of hydrogen-bond acceptors (Lipinski definition) is 4. The van der Waals surface area contributed by atoms with Gasteiger partial charge in [-0.1, -0.05) is 20.3 Å². The molecule has 98 valence electrons. The predicted molar refractivity (Wildman–Crippen MR) is 72.7 cm³/mol. The summed E-state index contributed by atoms with van der Waals surface area (Å²) in [7, 11) is 1.61. The van der Waals surface area contributed by atoms with Crippen LogP contribution in [0, 0.1) is 0 Å². The zero-order valence-electron chi connectivity index (χ0n) is 11.2. The molecule has 0 aliphatic rings. The van der Waals surface area contributed by atoms with E-state index in [0.717, 1.165) is 30.4 Å². The van der Waals surface area contributed by atoms with Gasteiger partial charge in [0.15, 0.2) is 5.65 Å². The summed E-state index contributed by atoms with van der Waals surface area (Å²) in [5.74, 6) is 1.13. The molecule has 0 spiro atoms. The first-order valence-corrected chi connectivity index (χ1v) is 6.39. The van der Waals surface area contributed by atoms with Crippen LogP contribution in [0.1, 0.15) is 39.2 Å². The first-order chi connectivity index (χ1) is 8.71. The molecule has 0 amide bonds. The number of hydrogen-bond donors (Lipinski definition) is 1. The molecule has 0 saturated heterocycles. The highest BCUT2D eigenvalue weighted by Gasteiger charge is 2.17. The third-order valence-electron chi connectivity index (χ3n) is 3.21. The van der Waals surface area contributed by atoms with E-state index < -0.39 is 0 Å². The Bertz CT molecular complexity index is 535. The fourth-order valence-electron chi connectivity index (χ4n) is 2.30. The number of nitrogens with two attached hydrogens (primary N) is 1. The fourth-order valence-corrected chi connectivity index (χ4v) is 2.30. The minimum Gasteiger partial charge on any atom is -0.481 e. The molecule has 2 aromatic heterocycles. The van der Waals surface area contributed by atoms with Crippen molar-refractivity contribution < 1.29 is 4.74 Å². The maximum atomic E-state index is 6.02. The van der Waals surface area contributed by atoms with E-state index in [9.17, 15) is 0 Å². The monoisotopic (exact) mass is 248 g/mol. The van der Waals surface area contributed by atoms with Crippen molar-refractivity contribution in [2.24, 2.45) is 0 Å². The molecule has 0 aliphatic carbocycles. The van der Waals surface area contributed by atoms with Gasteiger partial charge in [-0.3, -0.25) is 4.57 Å². The zero-order chi connectivity index (χ0) is 13.1. The van der Waals surface area contributed by atoms with Gasteiger partial charge in [-0.2, -0.15) is 4.98 Å². The number of aromatic nitrogens is 3. The molecule has 2 rings (SSSR count). The van der Waals surface area contributed by atoms with Crippen molar-refractivity contribution in [3.63, 3.8) is 0 Å². The maximum absolute atomic E-state index is 6.02. The van der Waals surface area contributed by atoms with Crippen molar-refractivity contribution in [2.45, 2.75) is 39.2 Å². The molecular weight excluding hydrogens is 228 g/mol. The Labute approximate surface area is 107 Å². The highest BCUT2D eigenvalue weighted by Crippen LogP contribution is 2.27. The Morgan fingerprint density at radius 3 is 2.72 bits per heavy atom. The molecule has 0 fully saturated rings. The van der Waals surface area contributed by atoms with E-state index in [4.69, 9.17) is 10.5 Å². The molecule has 0 aliphatic heterocycles. The lowest BCUT2D eigenvalue weighted by molar-refractivity contribution is 0.397. The number of imidazole rings is 1. The minimum absolute atomic E-state index is 0.347. The Balaban J connectivity index is 2.56. The Kier molecular flexibility index (Phi) is 3.69. The van der Waals surface area contributed by atoms with Crippen molar-refractivity contribution in [2.75, 3.05) is 12.8 Å². The summed E-state index contributed by atoms with van der Waals surface area (Å²) in [6.45, 7) is 4.33. The van der Waals surface area contributed by atoms with Crippen LogP contribution in [0.5, 0.6) is 5.88 Å². The number of nitrogens with zero attached hydrogens (tertiary/aromatic N) is 3. The normalized spacial score (nSPS) is 12.8. The predicted octanol–water partition coefficient (Wildman–Crippen LogP) is 2.77. The summed E-state index contributed by atoms with van der Waals surface area (Å²) in [4.78, 5) is 8.83. The average molecular weight is 248 g/mol. The van der Waals surface area contributed by atoms with Crippen molar-refractivity contribution >= 4 is 17.1 Å². The molecule has 0 saturated carbocycles. The summed E-state index contributed by atoms with van der Waals surface area (Å²) < 4.78 is 7.20. The first-order valence-electron chi connectivity index (χ1n) is 6.39. The van der Waals surface area contributed by atoms with E-state index in [-0.39, 0.29) is 0 Å². The average Bonchev–Trinajstić information content (AvgIpc) is 2.71. The van der Waals surface area contributed by atoms with E-state index in [2.05, 4.69) is 23.8 Å². The van der Waals surface area contributed by atoms with Crippen molar-refractivity contribution in [1.29, 1.82) is 0 Å². The summed E-state index contributed by atoms with van der Waals surface area (Å²) in [6.07, 6.45) is 3.20. The third kappa shape index (κ3) is 2.12. The number of pyridine rings is 1. The molecule has 2 N–H and O–H groups in total. The molecule has 2 heterocycles. The summed E-state index contributed by atoms with van der Waals surface area (Å²) in [5.41, 5.74) is 7.66. The minimum atomic E-state index is 0.347. The van der Waals surface area contributed by atoms with Gasteiger partial charge >= 0.3 is 0 Å². The Hall–Kier alpha value is -1.78. The molecule has 5 nitrogen and oxygen atoms in total. The van der Waals surface area contributed by atoms with Crippen molar-refractivity contribution in [1.82, 2.24) is 14.5 Å². The molecule has 18 heavy (non-hydrogen) atoms. The highest BCUT2D eigenvalue weighted by molar-refractivity contribution is 5.75. The lowest BCUT2D eigenvalue weighted by atomic mass is 10.1. The number of ether oxygens (including phenoxy) is 1. The number of rotatable bonds is 5. The van der Waals surface area contributed by atoms with Gasteiger partial charge in [0.2, 0.25) is 11.8 Å². The van der Waals surface area contributed by atoms with E-state index in [0.29, 0.717) is 17.9 Å². The molecule has 5 heteroatoms. The summed E-state index contributed by atoms with van der Waals surface area (Å²) >= 11 is 0. The molecule has 0 bridgehead atoms. The van der Waals surface area contributed by atoms with Crippen molar-refractivity contribution in [3.05, 3.63) is 12.1 Å². The van der Waals surface area contributed by atoms with Gasteiger partial charge in [-0.25, -0.2) is 4.98 Å². The highest BCUT2D eigenvalue weighted by atomic mass is 16.5. The smallest absolute Gasteiger partial charge is 0.215 e. The van der Waals surface area contributed by atoms with E-state index in [1.54, 1.807) is 13.2 Å². The SMILES string of the molecule is CCCC(CC)n1c(N)nc2ccc(OC)nc21. The van der Waals surface area contributed by atoms with Crippen LogP contribution in [0.15, 0.2) is 12.1 Å². The maximum Gasteiger partial charge on any atom is 0.215 e. The van der Waals surface area contributed by atoms with Gasteiger partial charge in [0.25, 0.3) is 0 Å². The number of anilines is 1. The van der Waals surface area contributed by atoms with Gasteiger partial charge in [-0.15, -0.1) is 0 Å². The molecule has 1 atom stereocenters. The van der Waals surface area contributed by atoms with Crippen LogP contribution < -0.4 is 10.5 Å². The van der Waals surface area contributed by atoms with Gasteiger partial charge in [0.05, 0.1) is 7.11 Å². The van der Waals surface area contributed by atoms with E-state index in [1.165, 1.54) is 0 Å². The molecule has 0 aromatic carbocycles. The van der Waals surface area contributed by atoms with Gasteiger partial charge < -0.3 is 10.5 Å². The second-order valence-electron chi connectivity index (χ2n) is 4.39. The zero-order valence-corrected chi connectivity index (χ0v) is 11.2. The summed E-state index contributed by atoms with van der Waals surface area (Å²) in [5, 5.41) is 0. The van der Waals surface area contributed by atoms with Crippen LogP contribution in [0.2, 0.25) is 0 Å². The van der Waals surface area contributed by atoms with Crippen LogP contribution in [0.4, 0.5) is 5.95 Å². The lowest BCUT2D eigenvalue weighted by Crippen LogP contribution is -2.11. The first kappa shape index (κ1) is 12.7. The van der Waals surface area contributed by atoms with Crippen LogP contribution >= 0.6 is 0 Å². The lowest BCUT2D eigenvalue weighted by Gasteiger charge is -2.17. The standard InChI is InChI=1S/C13H20N4O/c1-4-6-9(5-2)17-12-10(15-13(17)14)7-8-11(16-12)18-3/h7-9H,4-6H2,1-3H3,(H2,14,15). The second kappa shape index (κ2) is 5.25. The number of fused-ring (bicyclic) bond motifs is 1. The Morgan fingerprint density at radius 1 is 1.33 bits per heavy atom. The van der Waals surface area contributed by atoms with Gasteiger partial charge in [0, 0.05) is 12.1 Å². The largest absolute Gasteiger partial charge is 0.481 e. The number of nitrogen functional groups attached to an aromatic ring is 1. The third-order valence-corrected chi connectivity index (χ3v) is 3.21. The van der Waals surface area contributed by atoms with E-state index >= 15 is 0 Å². The molecule has 0 radical (unpaired) electrons. The van der Waals surface area contributed by atoms with Crippen LogP contribution in [-0.2, 0) is 0 Å². The van der Waals surface area contributed by atoms with Gasteiger partial charge in [-0.05, 0) is 18.9 Å². The fraction of sp³-hybridized carbons (Fsp3) is 0.538. The summed E-state index contributed by atoms with van der Waals surface area (Å²) in [6, 6.07) is 4.05. The molecule has 2 aromatic rings. The van der Waals surface area contributed by atoms with Crippen LogP contribution in [0.3, 0.4) is 0 Å². The van der Waals surface area contributed by atoms with Crippen molar-refractivity contribution in [3.8, 4) is 5.88 Å². The van der Waals surface area contributed by atoms with Crippen LogP contribution in [-0.4, -0.2) is 21.6 Å². The van der Waals surface area contributed by atoms with E-state index in [1.807, 2.05) is 10.6 Å². The van der Waals surface area contributed by atoms with Gasteiger partial charge in [0.1, 0.15) is 5.52 Å². The molecule has 1 unspecified atom stereocenters. The second-order valence-corrected chi connectivity index (χ2v) is 4.39. The number of methoxy groups -OCH3 is 1. The topological polar surface area (TPSA) is 66.0 Å². The Morgan fingerprint density at radius 2 is 2.11 bits per heavy atom.